The Morgan fingerprint density at radius 1 is 1.10 bits per heavy atom. The van der Waals surface area contributed by atoms with Crippen LogP contribution in [0.4, 0.5) is 0 Å². The van der Waals surface area contributed by atoms with E-state index in [2.05, 4.69) is 6.58 Å². The van der Waals surface area contributed by atoms with Gasteiger partial charge >= 0.3 is 17.9 Å². The molecule has 0 radical (unpaired) electrons. The number of carbonyl (C=O) groups excluding carboxylic acids is 3. The van der Waals surface area contributed by atoms with E-state index < -0.39 is 17.9 Å². The highest BCUT2D eigenvalue weighted by Crippen LogP contribution is 2.41. The van der Waals surface area contributed by atoms with Gasteiger partial charge in [0.2, 0.25) is 0 Å². The molecule has 0 aromatic heterocycles. The number of ether oxygens (including phenoxy) is 3. The Hall–Kier alpha value is -3.41. The van der Waals surface area contributed by atoms with Crippen LogP contribution in [0.15, 0.2) is 48.6 Å². The minimum atomic E-state index is -0.590. The zero-order valence-electron chi connectivity index (χ0n) is 16.6. The standard InChI is InChI=1S/C23H22O6/c1-13(2)21(24)27-8-9-28-22(25)17-7-5-6-16(12-17)19-18-11-14(3)10-15(4)20(18)29-23(19)26/h5-7,10-12,19H,1,8-9H2,2-4H3. The number of rotatable bonds is 6. The highest BCUT2D eigenvalue weighted by molar-refractivity contribution is 5.93. The molecule has 1 aliphatic heterocycles. The minimum absolute atomic E-state index is 0.0575. The summed E-state index contributed by atoms with van der Waals surface area (Å²) in [6.45, 7) is 8.74. The van der Waals surface area contributed by atoms with Gasteiger partial charge in [-0.2, -0.15) is 0 Å². The van der Waals surface area contributed by atoms with E-state index >= 15 is 0 Å². The van der Waals surface area contributed by atoms with Crippen molar-refractivity contribution in [2.24, 2.45) is 0 Å². The Balaban J connectivity index is 1.74. The molecule has 0 aliphatic carbocycles. The summed E-state index contributed by atoms with van der Waals surface area (Å²) in [7, 11) is 0. The molecule has 1 heterocycles. The van der Waals surface area contributed by atoms with Crippen LogP contribution in [0.3, 0.4) is 0 Å². The molecule has 3 rings (SSSR count). The van der Waals surface area contributed by atoms with Gasteiger partial charge in [-0.3, -0.25) is 4.79 Å². The first-order valence-electron chi connectivity index (χ1n) is 9.20. The molecular formula is C23H22O6. The monoisotopic (exact) mass is 394 g/mol. The summed E-state index contributed by atoms with van der Waals surface area (Å²) in [4.78, 5) is 36.2. The van der Waals surface area contributed by atoms with Gasteiger partial charge in [0.25, 0.3) is 0 Å². The summed E-state index contributed by atoms with van der Waals surface area (Å²) in [5.74, 6) is -1.48. The van der Waals surface area contributed by atoms with Crippen LogP contribution in [0.1, 0.15) is 45.5 Å². The maximum absolute atomic E-state index is 12.5. The van der Waals surface area contributed by atoms with Crippen LogP contribution in [-0.2, 0) is 19.1 Å². The smallest absolute Gasteiger partial charge is 0.338 e. The van der Waals surface area contributed by atoms with Crippen molar-refractivity contribution in [2.75, 3.05) is 13.2 Å². The molecule has 0 saturated heterocycles. The topological polar surface area (TPSA) is 78.9 Å². The maximum atomic E-state index is 12.5. The summed E-state index contributed by atoms with van der Waals surface area (Å²) in [5.41, 5.74) is 3.96. The lowest BCUT2D eigenvalue weighted by molar-refractivity contribution is -0.140. The predicted molar refractivity (Wildman–Crippen MR) is 106 cm³/mol. The highest BCUT2D eigenvalue weighted by Gasteiger charge is 2.36. The molecule has 1 unspecified atom stereocenters. The average molecular weight is 394 g/mol. The SMILES string of the molecule is C=C(C)C(=O)OCCOC(=O)c1cccc(C2C(=O)Oc3c(C)cc(C)cc32)c1. The van der Waals surface area contributed by atoms with E-state index in [9.17, 15) is 14.4 Å². The Morgan fingerprint density at radius 3 is 2.55 bits per heavy atom. The maximum Gasteiger partial charge on any atom is 0.338 e. The number of esters is 3. The fraction of sp³-hybridized carbons (Fsp3) is 0.261. The number of hydrogen-bond acceptors (Lipinski definition) is 6. The summed E-state index contributed by atoms with van der Waals surface area (Å²) in [5, 5.41) is 0. The van der Waals surface area contributed by atoms with Crippen molar-refractivity contribution in [2.45, 2.75) is 26.7 Å². The number of fused-ring (bicyclic) bond motifs is 1. The average Bonchev–Trinajstić information content (AvgIpc) is 3.01. The van der Waals surface area contributed by atoms with Gasteiger partial charge < -0.3 is 14.2 Å². The van der Waals surface area contributed by atoms with E-state index in [1.165, 1.54) is 6.92 Å². The molecule has 0 N–H and O–H groups in total. The minimum Gasteiger partial charge on any atom is -0.459 e. The van der Waals surface area contributed by atoms with Crippen LogP contribution in [0, 0.1) is 13.8 Å². The first-order chi connectivity index (χ1) is 13.8. The van der Waals surface area contributed by atoms with Gasteiger partial charge in [-0.15, -0.1) is 0 Å². The molecule has 6 nitrogen and oxygen atoms in total. The molecule has 0 fully saturated rings. The molecule has 0 amide bonds. The molecule has 0 spiro atoms. The van der Waals surface area contributed by atoms with E-state index in [0.29, 0.717) is 16.9 Å². The van der Waals surface area contributed by atoms with Crippen LogP contribution >= 0.6 is 0 Å². The Labute approximate surface area is 169 Å². The Kier molecular flexibility index (Phi) is 5.82. The van der Waals surface area contributed by atoms with Crippen molar-refractivity contribution in [1.29, 1.82) is 0 Å². The second-order valence-electron chi connectivity index (χ2n) is 7.03. The first kappa shape index (κ1) is 20.3. The van der Waals surface area contributed by atoms with E-state index in [1.54, 1.807) is 24.3 Å². The van der Waals surface area contributed by atoms with Crippen LogP contribution in [0.2, 0.25) is 0 Å². The third-order valence-corrected chi connectivity index (χ3v) is 4.55. The van der Waals surface area contributed by atoms with Gasteiger partial charge in [-0.1, -0.05) is 36.4 Å². The van der Waals surface area contributed by atoms with E-state index in [0.717, 1.165) is 16.7 Å². The third kappa shape index (κ3) is 4.37. The van der Waals surface area contributed by atoms with Crippen molar-refractivity contribution in [1.82, 2.24) is 0 Å². The lowest BCUT2D eigenvalue weighted by atomic mass is 9.89. The quantitative estimate of drug-likeness (QED) is 0.322. The molecule has 6 heteroatoms. The molecule has 150 valence electrons. The van der Waals surface area contributed by atoms with Gasteiger partial charge in [0.05, 0.1) is 5.56 Å². The van der Waals surface area contributed by atoms with Crippen LogP contribution in [-0.4, -0.2) is 31.1 Å². The van der Waals surface area contributed by atoms with E-state index in [-0.39, 0.29) is 24.8 Å². The summed E-state index contributed by atoms with van der Waals surface area (Å²) < 4.78 is 15.5. The van der Waals surface area contributed by atoms with Crippen molar-refractivity contribution in [3.05, 3.63) is 76.4 Å². The normalized spacial score (nSPS) is 14.7. The molecule has 0 bridgehead atoms. The third-order valence-electron chi connectivity index (χ3n) is 4.55. The summed E-state index contributed by atoms with van der Waals surface area (Å²) in [6, 6.07) is 10.6. The van der Waals surface area contributed by atoms with Crippen LogP contribution in [0.5, 0.6) is 5.75 Å². The molecule has 0 saturated carbocycles. The Morgan fingerprint density at radius 2 is 1.83 bits per heavy atom. The van der Waals surface area contributed by atoms with Crippen LogP contribution in [0.25, 0.3) is 0 Å². The van der Waals surface area contributed by atoms with Crippen molar-refractivity contribution >= 4 is 17.9 Å². The highest BCUT2D eigenvalue weighted by atomic mass is 16.6. The first-order valence-corrected chi connectivity index (χ1v) is 9.20. The van der Waals surface area contributed by atoms with Crippen molar-refractivity contribution in [3.8, 4) is 5.75 Å². The van der Waals surface area contributed by atoms with Crippen LogP contribution < -0.4 is 4.74 Å². The molecular weight excluding hydrogens is 372 g/mol. The Bertz CT molecular complexity index is 1000. The van der Waals surface area contributed by atoms with Gasteiger partial charge in [0.1, 0.15) is 24.9 Å². The number of hydrogen-bond donors (Lipinski definition) is 0. The van der Waals surface area contributed by atoms with Crippen molar-refractivity contribution in [3.63, 3.8) is 0 Å². The fourth-order valence-electron chi connectivity index (χ4n) is 3.26. The van der Waals surface area contributed by atoms with E-state index in [4.69, 9.17) is 14.2 Å². The predicted octanol–water partition coefficient (Wildman–Crippen LogP) is 3.63. The molecule has 2 aromatic rings. The molecule has 1 aliphatic rings. The molecule has 29 heavy (non-hydrogen) atoms. The zero-order valence-corrected chi connectivity index (χ0v) is 16.6. The van der Waals surface area contributed by atoms with Gasteiger partial charge in [-0.25, -0.2) is 9.59 Å². The van der Waals surface area contributed by atoms with E-state index in [1.807, 2.05) is 26.0 Å². The molecule has 1 atom stereocenters. The number of aryl methyl sites for hydroxylation is 2. The van der Waals surface area contributed by atoms with Gasteiger partial charge in [0.15, 0.2) is 0 Å². The molecule has 2 aromatic carbocycles. The number of benzene rings is 2. The summed E-state index contributed by atoms with van der Waals surface area (Å²) >= 11 is 0. The van der Waals surface area contributed by atoms with Crippen molar-refractivity contribution < 1.29 is 28.6 Å². The fourth-order valence-corrected chi connectivity index (χ4v) is 3.26. The largest absolute Gasteiger partial charge is 0.459 e. The lowest BCUT2D eigenvalue weighted by Crippen LogP contribution is -2.15. The van der Waals surface area contributed by atoms with Gasteiger partial charge in [0, 0.05) is 11.1 Å². The second kappa shape index (κ2) is 8.31. The lowest BCUT2D eigenvalue weighted by Gasteiger charge is -2.11. The summed E-state index contributed by atoms with van der Waals surface area (Å²) in [6.07, 6.45) is 0. The van der Waals surface area contributed by atoms with Gasteiger partial charge in [-0.05, 0) is 44.0 Å². The second-order valence-corrected chi connectivity index (χ2v) is 7.03. The zero-order chi connectivity index (χ0) is 21.1. The number of carbonyl (C=O) groups is 3.